The van der Waals surface area contributed by atoms with E-state index in [1.165, 1.54) is 4.88 Å². The lowest BCUT2D eigenvalue weighted by atomic mass is 10.2. The van der Waals surface area contributed by atoms with Gasteiger partial charge in [0.25, 0.3) is 0 Å². The van der Waals surface area contributed by atoms with Crippen LogP contribution < -0.4 is 4.90 Å². The molecule has 0 bridgehead atoms. The topological polar surface area (TPSA) is 36.4 Å². The lowest BCUT2D eigenvalue weighted by Gasteiger charge is -2.14. The van der Waals surface area contributed by atoms with Crippen LogP contribution in [0.2, 0.25) is 0 Å². The standard InChI is InChI=1S/C11H20N2OS/c1-9-10(2)15-11(12-9)13(3)7-5-4-6-8-14/h14H,4-8H2,1-3H3. The van der Waals surface area contributed by atoms with Gasteiger partial charge in [0.2, 0.25) is 0 Å². The summed E-state index contributed by atoms with van der Waals surface area (Å²) in [5.41, 5.74) is 1.14. The van der Waals surface area contributed by atoms with Crippen molar-refractivity contribution in [1.29, 1.82) is 0 Å². The number of hydrogen-bond donors (Lipinski definition) is 1. The molecule has 0 spiro atoms. The van der Waals surface area contributed by atoms with Crippen LogP contribution in [0.3, 0.4) is 0 Å². The monoisotopic (exact) mass is 228 g/mol. The summed E-state index contributed by atoms with van der Waals surface area (Å²) < 4.78 is 0. The van der Waals surface area contributed by atoms with Crippen molar-refractivity contribution in [3.63, 3.8) is 0 Å². The van der Waals surface area contributed by atoms with Crippen molar-refractivity contribution in [3.8, 4) is 0 Å². The molecule has 4 heteroatoms. The molecule has 0 aliphatic heterocycles. The molecule has 0 amide bonds. The Kier molecular flexibility index (Phi) is 5.05. The van der Waals surface area contributed by atoms with Gasteiger partial charge in [0, 0.05) is 25.1 Å². The fourth-order valence-corrected chi connectivity index (χ4v) is 2.25. The van der Waals surface area contributed by atoms with E-state index in [9.17, 15) is 0 Å². The first-order chi connectivity index (χ1) is 7.15. The van der Waals surface area contributed by atoms with Crippen LogP contribution in [-0.4, -0.2) is 30.3 Å². The number of anilines is 1. The lowest BCUT2D eigenvalue weighted by Crippen LogP contribution is -2.18. The second kappa shape index (κ2) is 6.08. The molecule has 1 N–H and O–H groups in total. The second-order valence-electron chi connectivity index (χ2n) is 3.84. The maximum Gasteiger partial charge on any atom is 0.185 e. The molecule has 0 aliphatic carbocycles. The number of thiazole rings is 1. The maximum absolute atomic E-state index is 8.66. The van der Waals surface area contributed by atoms with Gasteiger partial charge in [-0.25, -0.2) is 4.98 Å². The Morgan fingerprint density at radius 1 is 1.27 bits per heavy atom. The Morgan fingerprint density at radius 3 is 2.53 bits per heavy atom. The highest BCUT2D eigenvalue weighted by atomic mass is 32.1. The van der Waals surface area contributed by atoms with Gasteiger partial charge in [-0.2, -0.15) is 0 Å². The summed E-state index contributed by atoms with van der Waals surface area (Å²) in [6.07, 6.45) is 3.11. The van der Waals surface area contributed by atoms with Crippen molar-refractivity contribution >= 4 is 16.5 Å². The van der Waals surface area contributed by atoms with E-state index in [1.807, 2.05) is 0 Å². The van der Waals surface area contributed by atoms with Crippen molar-refractivity contribution in [2.45, 2.75) is 33.1 Å². The molecule has 86 valence electrons. The zero-order valence-electron chi connectivity index (χ0n) is 9.79. The van der Waals surface area contributed by atoms with Crippen LogP contribution in [0.4, 0.5) is 5.13 Å². The van der Waals surface area contributed by atoms with Crippen LogP contribution in [0.1, 0.15) is 29.8 Å². The molecule has 0 saturated heterocycles. The molecule has 0 radical (unpaired) electrons. The predicted molar refractivity (Wildman–Crippen MR) is 65.8 cm³/mol. The van der Waals surface area contributed by atoms with Crippen molar-refractivity contribution in [2.24, 2.45) is 0 Å². The van der Waals surface area contributed by atoms with Gasteiger partial charge < -0.3 is 10.0 Å². The number of unbranched alkanes of at least 4 members (excludes halogenated alkanes) is 2. The molecule has 0 unspecified atom stereocenters. The SMILES string of the molecule is Cc1nc(N(C)CCCCCO)sc1C. The minimum Gasteiger partial charge on any atom is -0.396 e. The van der Waals surface area contributed by atoms with Gasteiger partial charge in [0.15, 0.2) is 5.13 Å². The average Bonchev–Trinajstić information content (AvgIpc) is 2.54. The predicted octanol–water partition coefficient (Wildman–Crippen LogP) is 2.36. The number of aryl methyl sites for hydroxylation is 2. The highest BCUT2D eigenvalue weighted by Crippen LogP contribution is 2.24. The summed E-state index contributed by atoms with van der Waals surface area (Å²) in [4.78, 5) is 8.00. The van der Waals surface area contributed by atoms with Crippen molar-refractivity contribution < 1.29 is 5.11 Å². The van der Waals surface area contributed by atoms with E-state index >= 15 is 0 Å². The van der Waals surface area contributed by atoms with Crippen LogP contribution in [-0.2, 0) is 0 Å². The number of aromatic nitrogens is 1. The van der Waals surface area contributed by atoms with Gasteiger partial charge in [-0.05, 0) is 33.1 Å². The highest BCUT2D eigenvalue weighted by molar-refractivity contribution is 7.15. The summed E-state index contributed by atoms with van der Waals surface area (Å²) in [6, 6.07) is 0. The molecule has 15 heavy (non-hydrogen) atoms. The van der Waals surface area contributed by atoms with Crippen LogP contribution in [0.25, 0.3) is 0 Å². The van der Waals surface area contributed by atoms with Crippen LogP contribution in [0.5, 0.6) is 0 Å². The molecule has 0 atom stereocenters. The molecular weight excluding hydrogens is 208 g/mol. The number of rotatable bonds is 6. The zero-order chi connectivity index (χ0) is 11.3. The van der Waals surface area contributed by atoms with E-state index in [4.69, 9.17) is 5.11 Å². The van der Waals surface area contributed by atoms with Crippen LogP contribution in [0, 0.1) is 13.8 Å². The first-order valence-electron chi connectivity index (χ1n) is 5.41. The minimum absolute atomic E-state index is 0.305. The average molecular weight is 228 g/mol. The number of aliphatic hydroxyl groups excluding tert-OH is 1. The lowest BCUT2D eigenvalue weighted by molar-refractivity contribution is 0.283. The number of hydrogen-bond acceptors (Lipinski definition) is 4. The van der Waals surface area contributed by atoms with Crippen LogP contribution >= 0.6 is 11.3 Å². The third kappa shape index (κ3) is 3.80. The van der Waals surface area contributed by atoms with E-state index in [2.05, 4.69) is 30.8 Å². The molecule has 0 aliphatic rings. The Morgan fingerprint density at radius 2 is 2.00 bits per heavy atom. The third-order valence-corrected chi connectivity index (χ3v) is 3.68. The van der Waals surface area contributed by atoms with Crippen molar-refractivity contribution in [3.05, 3.63) is 10.6 Å². The van der Waals surface area contributed by atoms with Crippen molar-refractivity contribution in [2.75, 3.05) is 25.1 Å². The Bertz CT molecular complexity index is 279. The Balaban J connectivity index is 2.36. The first kappa shape index (κ1) is 12.5. The van der Waals surface area contributed by atoms with E-state index in [1.54, 1.807) is 11.3 Å². The smallest absolute Gasteiger partial charge is 0.185 e. The van der Waals surface area contributed by atoms with E-state index < -0.39 is 0 Å². The van der Waals surface area contributed by atoms with E-state index in [-0.39, 0.29) is 0 Å². The Hall–Kier alpha value is -0.610. The molecular formula is C11H20N2OS. The Labute approximate surface area is 95.8 Å². The third-order valence-electron chi connectivity index (χ3n) is 2.50. The van der Waals surface area contributed by atoms with Crippen molar-refractivity contribution in [1.82, 2.24) is 4.98 Å². The largest absolute Gasteiger partial charge is 0.396 e. The quantitative estimate of drug-likeness (QED) is 0.759. The summed E-state index contributed by atoms with van der Waals surface area (Å²) in [5.74, 6) is 0. The molecule has 0 aromatic carbocycles. The van der Waals surface area contributed by atoms with Gasteiger partial charge in [0.05, 0.1) is 5.69 Å². The maximum atomic E-state index is 8.66. The molecule has 1 heterocycles. The van der Waals surface area contributed by atoms with Gasteiger partial charge in [-0.1, -0.05) is 0 Å². The van der Waals surface area contributed by atoms with Gasteiger partial charge >= 0.3 is 0 Å². The van der Waals surface area contributed by atoms with E-state index in [0.717, 1.165) is 36.6 Å². The molecule has 1 aromatic rings. The van der Waals surface area contributed by atoms with Crippen LogP contribution in [0.15, 0.2) is 0 Å². The van der Waals surface area contributed by atoms with Gasteiger partial charge in [0.1, 0.15) is 0 Å². The fourth-order valence-electron chi connectivity index (χ4n) is 1.35. The summed E-state index contributed by atoms with van der Waals surface area (Å²) in [7, 11) is 2.08. The highest BCUT2D eigenvalue weighted by Gasteiger charge is 2.07. The summed E-state index contributed by atoms with van der Waals surface area (Å²) in [6.45, 7) is 5.48. The molecule has 0 fully saturated rings. The second-order valence-corrected chi connectivity index (χ2v) is 5.03. The molecule has 1 aromatic heterocycles. The van der Waals surface area contributed by atoms with E-state index in [0.29, 0.717) is 6.61 Å². The summed E-state index contributed by atoms with van der Waals surface area (Å²) in [5, 5.41) is 9.77. The number of aliphatic hydroxyl groups is 1. The van der Waals surface area contributed by atoms with Gasteiger partial charge in [-0.3, -0.25) is 0 Å². The summed E-state index contributed by atoms with van der Waals surface area (Å²) >= 11 is 1.75. The first-order valence-corrected chi connectivity index (χ1v) is 6.23. The molecule has 0 saturated carbocycles. The van der Waals surface area contributed by atoms with Gasteiger partial charge in [-0.15, -0.1) is 11.3 Å². The fraction of sp³-hybridized carbons (Fsp3) is 0.727. The molecule has 1 rings (SSSR count). The normalized spacial score (nSPS) is 10.7. The zero-order valence-corrected chi connectivity index (χ0v) is 10.6. The minimum atomic E-state index is 0.305. The molecule has 3 nitrogen and oxygen atoms in total. The number of nitrogens with zero attached hydrogens (tertiary/aromatic N) is 2.